The number of likely N-dealkylation sites (tertiary alicyclic amines) is 1. The van der Waals surface area contributed by atoms with Gasteiger partial charge in [-0.3, -0.25) is 4.79 Å². The van der Waals surface area contributed by atoms with Crippen molar-refractivity contribution in [1.29, 1.82) is 0 Å². The largest absolute Gasteiger partial charge is 0.395 e. The van der Waals surface area contributed by atoms with Gasteiger partial charge in [0.05, 0.1) is 44.2 Å². The van der Waals surface area contributed by atoms with Gasteiger partial charge in [-0.25, -0.2) is 9.13 Å². The fraction of sp³-hybridized carbons (Fsp3) is 0.714. The van der Waals surface area contributed by atoms with Crippen molar-refractivity contribution in [1.82, 2.24) is 9.47 Å². The van der Waals surface area contributed by atoms with E-state index in [0.29, 0.717) is 43.0 Å². The fourth-order valence-corrected chi connectivity index (χ4v) is 5.78. The molecule has 2 heterocycles. The molecule has 0 spiro atoms. The maximum absolute atomic E-state index is 13.7. The van der Waals surface area contributed by atoms with Crippen LogP contribution in [0, 0.1) is 0 Å². The molecule has 12 N–H and O–H groups in total. The molecule has 1 saturated heterocycles. The number of nitrogen functional groups attached to an aromatic ring is 1. The lowest BCUT2D eigenvalue weighted by Crippen LogP contribution is -2.47. The minimum Gasteiger partial charge on any atom is -0.395 e. The number of fused-ring (bicyclic) bond motifs is 1. The summed E-state index contributed by atoms with van der Waals surface area (Å²) in [4.78, 5) is 15.4. The Hall–Kier alpha value is -2.44. The third-order valence-corrected chi connectivity index (χ3v) is 8.30. The number of rotatable bonds is 15. The van der Waals surface area contributed by atoms with Crippen molar-refractivity contribution >= 4 is 22.6 Å². The van der Waals surface area contributed by atoms with Gasteiger partial charge in [0.15, 0.2) is 11.0 Å². The fourth-order valence-electron chi connectivity index (χ4n) is 5.78. The van der Waals surface area contributed by atoms with E-state index in [1.165, 1.54) is 0 Å². The Morgan fingerprint density at radius 2 is 1.33 bits per heavy atom. The number of carbonyl (C=O) groups excluding carboxylic acids is 1. The van der Waals surface area contributed by atoms with Gasteiger partial charge in [0.25, 0.3) is 0 Å². The highest BCUT2D eigenvalue weighted by Gasteiger charge is 2.38. The highest BCUT2D eigenvalue weighted by atomic mass is 16.4. The molecule has 0 radical (unpaired) electrons. The molecule has 15 nitrogen and oxygen atoms in total. The Balaban J connectivity index is 2.20. The van der Waals surface area contributed by atoms with Gasteiger partial charge in [0, 0.05) is 25.9 Å². The van der Waals surface area contributed by atoms with E-state index in [9.17, 15) is 45.6 Å². The number of anilines is 1. The Morgan fingerprint density at radius 3 is 1.79 bits per heavy atom. The second-order valence-corrected chi connectivity index (χ2v) is 11.1. The number of hydrogen-bond acceptors (Lipinski definition) is 12. The number of nitrogens with two attached hydrogens (primary N) is 1. The molecule has 0 unspecified atom stereocenters. The van der Waals surface area contributed by atoms with E-state index in [1.807, 2.05) is 13.8 Å². The van der Waals surface area contributed by atoms with Crippen molar-refractivity contribution in [2.24, 2.45) is 0 Å². The number of nitrogens with zero attached hydrogens (tertiary/aromatic N) is 3. The molecule has 1 aliphatic heterocycles. The number of imidazole rings is 1. The molecule has 1 aliphatic rings. The second kappa shape index (κ2) is 15.0. The van der Waals surface area contributed by atoms with Gasteiger partial charge in [-0.2, -0.15) is 0 Å². The highest BCUT2D eigenvalue weighted by molar-refractivity contribution is 5.95. The smallest absolute Gasteiger partial charge is 0.349 e. The number of hydrogen-bond donors (Lipinski definition) is 11. The maximum Gasteiger partial charge on any atom is 0.349 e. The van der Waals surface area contributed by atoms with Crippen molar-refractivity contribution in [3.63, 3.8) is 0 Å². The zero-order valence-corrected chi connectivity index (χ0v) is 24.6. The van der Waals surface area contributed by atoms with Crippen LogP contribution >= 0.6 is 0 Å². The van der Waals surface area contributed by atoms with Gasteiger partial charge >= 0.3 is 11.7 Å². The molecular weight excluding hydrogens is 568 g/mol. The average Bonchev–Trinajstić information content (AvgIpc) is 3.66. The monoisotopic (exact) mass is 615 g/mol. The Kier molecular flexibility index (Phi) is 12.2. The van der Waals surface area contributed by atoms with Gasteiger partial charge in [0.2, 0.25) is 0 Å². The number of benzene rings is 1. The van der Waals surface area contributed by atoms with E-state index in [1.54, 1.807) is 20.1 Å². The molecule has 1 amide bonds. The van der Waals surface area contributed by atoms with Crippen LogP contribution in [0.3, 0.4) is 0 Å². The quantitative estimate of drug-likeness (QED) is 0.0673. The Morgan fingerprint density at radius 1 is 0.837 bits per heavy atom. The first-order valence-electron chi connectivity index (χ1n) is 14.7. The van der Waals surface area contributed by atoms with Crippen molar-refractivity contribution in [2.45, 2.75) is 101 Å². The van der Waals surface area contributed by atoms with Crippen LogP contribution in [0.4, 0.5) is 5.69 Å². The molecule has 3 rings (SSSR count). The Labute approximate surface area is 249 Å². The number of carbonyl (C=O) groups is 1. The lowest BCUT2D eigenvalue weighted by molar-refractivity contribution is -0.670. The highest BCUT2D eigenvalue weighted by Crippen LogP contribution is 2.32. The van der Waals surface area contributed by atoms with Crippen LogP contribution in [0.15, 0.2) is 6.07 Å². The number of aryl methyl sites for hydroxylation is 2. The summed E-state index contributed by atoms with van der Waals surface area (Å²) in [5.74, 6) is 0.189. The summed E-state index contributed by atoms with van der Waals surface area (Å²) in [6, 6.07) is 1.63. The first-order chi connectivity index (χ1) is 20.3. The molecule has 0 aliphatic carbocycles. The molecule has 244 valence electrons. The molecule has 8 atom stereocenters. The lowest BCUT2D eigenvalue weighted by Gasteiger charge is -2.28. The average molecular weight is 616 g/mol. The first-order valence-corrected chi connectivity index (χ1v) is 14.7. The zero-order valence-electron chi connectivity index (χ0n) is 24.6. The van der Waals surface area contributed by atoms with E-state index in [-0.39, 0.29) is 29.1 Å². The van der Waals surface area contributed by atoms with E-state index < -0.39 is 68.5 Å². The van der Waals surface area contributed by atoms with Crippen LogP contribution in [0.5, 0.6) is 0 Å². The van der Waals surface area contributed by atoms with E-state index >= 15 is 0 Å². The molecule has 1 aromatic carbocycles. The van der Waals surface area contributed by atoms with Crippen LogP contribution < -0.4 is 10.3 Å². The minimum atomic E-state index is -1.91. The van der Waals surface area contributed by atoms with Crippen molar-refractivity contribution in [2.75, 3.05) is 32.0 Å². The molecule has 0 bridgehead atoms. The van der Waals surface area contributed by atoms with E-state index in [2.05, 4.69) is 0 Å². The van der Waals surface area contributed by atoms with Crippen molar-refractivity contribution in [3.05, 3.63) is 23.0 Å². The molecule has 2 aromatic rings. The first kappa shape index (κ1) is 35.0. The summed E-state index contributed by atoms with van der Waals surface area (Å²) >= 11 is 0. The third-order valence-electron chi connectivity index (χ3n) is 8.30. The van der Waals surface area contributed by atoms with Crippen LogP contribution in [0.2, 0.25) is 0 Å². The molecule has 1 fully saturated rings. The summed E-state index contributed by atoms with van der Waals surface area (Å²) in [5, 5.41) is 101. The third kappa shape index (κ3) is 7.12. The molecule has 0 saturated carbocycles. The predicted molar refractivity (Wildman–Crippen MR) is 153 cm³/mol. The molecule has 1 aromatic heterocycles. The van der Waals surface area contributed by atoms with Gasteiger partial charge < -0.3 is 61.7 Å². The van der Waals surface area contributed by atoms with Crippen LogP contribution in [-0.2, 0) is 25.9 Å². The molecule has 43 heavy (non-hydrogen) atoms. The second-order valence-electron chi connectivity index (χ2n) is 11.1. The van der Waals surface area contributed by atoms with Crippen LogP contribution in [0.25, 0.3) is 11.0 Å². The van der Waals surface area contributed by atoms with Gasteiger partial charge in [0.1, 0.15) is 36.6 Å². The van der Waals surface area contributed by atoms with Crippen molar-refractivity contribution < 1.29 is 60.4 Å². The van der Waals surface area contributed by atoms with Crippen LogP contribution in [-0.4, -0.2) is 142 Å². The number of aromatic nitrogens is 2. The Bertz CT molecular complexity index is 1240. The minimum absolute atomic E-state index is 0.0955. The maximum atomic E-state index is 13.7. The van der Waals surface area contributed by atoms with Gasteiger partial charge in [-0.15, -0.1) is 0 Å². The normalized spacial score (nSPS) is 19.7. The van der Waals surface area contributed by atoms with E-state index in [4.69, 9.17) is 15.9 Å². The van der Waals surface area contributed by atoms with Crippen molar-refractivity contribution in [3.8, 4) is 0 Å². The zero-order chi connectivity index (χ0) is 32.2. The van der Waals surface area contributed by atoms with E-state index in [0.717, 1.165) is 12.8 Å². The predicted octanol–water partition coefficient (Wildman–Crippen LogP) is -4.26. The van der Waals surface area contributed by atoms with Gasteiger partial charge in [-0.05, 0) is 43.9 Å². The summed E-state index contributed by atoms with van der Waals surface area (Å²) in [7, 11) is 0. The number of amides is 1. The summed E-state index contributed by atoms with van der Waals surface area (Å²) in [5.41, 5.74) is 8.24. The standard InChI is InChI=1S/C28H46N4O11/c1-3-31-16-9-14(10-17(35)23(39)25(41)19(37)12-33)15(11-18(36)24(40)26(42)20(38)13-34)21(29)22(16)32(4-2)27(31)28(43)30-7-5-6-8-30/h9,17-20,23-26,33-42H,3-8,10-13H2,1-2H3,(H-,29,43)/p+1/t17-,18-,19+,20+,23+,24+,25+,26+/m0/s1. The topological polar surface area (TPSA) is 257 Å². The SMILES string of the molecule is CCn1c(C(=O)N2CCCC2)[n+](CC)c2c(N)c(C[C@H](O)[C@@H](O)[C@H](O)[C@H](O)CO)c(C[C@H](O)[C@@H](O)[C@H](O)[C@H](O)CO)cc21. The van der Waals surface area contributed by atoms with Crippen LogP contribution in [0.1, 0.15) is 48.4 Å². The number of aliphatic hydroxyl groups excluding tert-OH is 10. The van der Waals surface area contributed by atoms with Gasteiger partial charge in [-0.1, -0.05) is 0 Å². The lowest BCUT2D eigenvalue weighted by atomic mass is 9.89. The molecule has 15 heteroatoms. The summed E-state index contributed by atoms with van der Waals surface area (Å²) in [6.07, 6.45) is -13.5. The number of aliphatic hydroxyl groups is 10. The molecular formula is C28H47N4O11+. The summed E-state index contributed by atoms with van der Waals surface area (Å²) < 4.78 is 3.53. The summed E-state index contributed by atoms with van der Waals surface area (Å²) in [6.45, 7) is 3.89.